The molecule has 3 heteroatoms. The average Bonchev–Trinajstić information content (AvgIpc) is 1.62. The molecule has 0 rings (SSSR count). The SMILES string of the molecule is CNC(=N)NC(C)(C)C. The first kappa shape index (κ1) is 8.27. The van der Waals surface area contributed by atoms with Gasteiger partial charge in [0.1, 0.15) is 0 Å². The molecule has 0 saturated heterocycles. The Balaban J connectivity index is 3.60. The Morgan fingerprint density at radius 1 is 1.33 bits per heavy atom. The van der Waals surface area contributed by atoms with Crippen molar-refractivity contribution in [2.24, 2.45) is 0 Å². The van der Waals surface area contributed by atoms with Gasteiger partial charge in [-0.3, -0.25) is 5.41 Å². The Labute approximate surface area is 56.3 Å². The lowest BCUT2D eigenvalue weighted by Gasteiger charge is -2.21. The second-order valence-corrected chi connectivity index (χ2v) is 3.00. The Bertz CT molecular complexity index is 101. The van der Waals surface area contributed by atoms with Gasteiger partial charge in [0.25, 0.3) is 0 Å². The van der Waals surface area contributed by atoms with Gasteiger partial charge in [-0.05, 0) is 20.8 Å². The summed E-state index contributed by atoms with van der Waals surface area (Å²) in [4.78, 5) is 0. The fourth-order valence-corrected chi connectivity index (χ4v) is 0.438. The minimum Gasteiger partial charge on any atom is -0.360 e. The van der Waals surface area contributed by atoms with E-state index in [4.69, 9.17) is 5.41 Å². The molecule has 0 amide bonds. The maximum atomic E-state index is 7.17. The number of hydrogen-bond acceptors (Lipinski definition) is 1. The van der Waals surface area contributed by atoms with Crippen LogP contribution in [0, 0.1) is 5.41 Å². The van der Waals surface area contributed by atoms with E-state index < -0.39 is 0 Å². The highest BCUT2D eigenvalue weighted by Crippen LogP contribution is 1.96. The third-order valence-electron chi connectivity index (χ3n) is 0.750. The van der Waals surface area contributed by atoms with Crippen molar-refractivity contribution in [1.82, 2.24) is 10.6 Å². The van der Waals surface area contributed by atoms with Crippen LogP contribution in [0.5, 0.6) is 0 Å². The minimum atomic E-state index is -0.0138. The van der Waals surface area contributed by atoms with Gasteiger partial charge in [-0.15, -0.1) is 0 Å². The molecule has 0 radical (unpaired) electrons. The highest BCUT2D eigenvalue weighted by molar-refractivity contribution is 5.76. The molecule has 3 N–H and O–H groups in total. The highest BCUT2D eigenvalue weighted by Gasteiger charge is 2.08. The zero-order valence-electron chi connectivity index (χ0n) is 6.50. The smallest absolute Gasteiger partial charge is 0.188 e. The summed E-state index contributed by atoms with van der Waals surface area (Å²) < 4.78 is 0. The van der Waals surface area contributed by atoms with Crippen molar-refractivity contribution < 1.29 is 0 Å². The van der Waals surface area contributed by atoms with E-state index >= 15 is 0 Å². The first-order valence-electron chi connectivity index (χ1n) is 3.00. The lowest BCUT2D eigenvalue weighted by Crippen LogP contribution is -2.45. The molecule has 0 heterocycles. The largest absolute Gasteiger partial charge is 0.360 e. The van der Waals surface area contributed by atoms with Crippen molar-refractivity contribution in [3.63, 3.8) is 0 Å². The fraction of sp³-hybridized carbons (Fsp3) is 0.833. The van der Waals surface area contributed by atoms with Crippen LogP contribution in [0.25, 0.3) is 0 Å². The summed E-state index contributed by atoms with van der Waals surface area (Å²) in [5.74, 6) is 0.363. The molecule has 0 aromatic carbocycles. The fourth-order valence-electron chi connectivity index (χ4n) is 0.438. The first-order chi connectivity index (χ1) is 3.95. The van der Waals surface area contributed by atoms with E-state index in [1.165, 1.54) is 0 Å². The van der Waals surface area contributed by atoms with Gasteiger partial charge in [-0.1, -0.05) is 0 Å². The van der Waals surface area contributed by atoms with Gasteiger partial charge in [0.05, 0.1) is 0 Å². The van der Waals surface area contributed by atoms with E-state index in [1.54, 1.807) is 7.05 Å². The van der Waals surface area contributed by atoms with Crippen LogP contribution in [-0.4, -0.2) is 18.5 Å². The molecule has 0 atom stereocenters. The lowest BCUT2D eigenvalue weighted by atomic mass is 10.1. The van der Waals surface area contributed by atoms with Crippen LogP contribution in [0.3, 0.4) is 0 Å². The van der Waals surface area contributed by atoms with Gasteiger partial charge in [0, 0.05) is 12.6 Å². The van der Waals surface area contributed by atoms with E-state index in [0.717, 1.165) is 0 Å². The van der Waals surface area contributed by atoms with Crippen molar-refractivity contribution in [2.45, 2.75) is 26.3 Å². The van der Waals surface area contributed by atoms with Crippen LogP contribution in [0.2, 0.25) is 0 Å². The van der Waals surface area contributed by atoms with Crippen LogP contribution in [0.15, 0.2) is 0 Å². The van der Waals surface area contributed by atoms with Gasteiger partial charge >= 0.3 is 0 Å². The minimum absolute atomic E-state index is 0.0138. The summed E-state index contributed by atoms with van der Waals surface area (Å²) in [5, 5.41) is 12.8. The average molecular weight is 129 g/mol. The van der Waals surface area contributed by atoms with Gasteiger partial charge in [0.15, 0.2) is 5.96 Å². The topological polar surface area (TPSA) is 47.9 Å². The van der Waals surface area contributed by atoms with Gasteiger partial charge in [-0.2, -0.15) is 0 Å². The highest BCUT2D eigenvalue weighted by atomic mass is 15.1. The summed E-state index contributed by atoms with van der Waals surface area (Å²) in [5.41, 5.74) is -0.0138. The van der Waals surface area contributed by atoms with E-state index in [2.05, 4.69) is 10.6 Å². The molecule has 0 aliphatic carbocycles. The molecule has 54 valence electrons. The molecule has 0 bridgehead atoms. The second kappa shape index (κ2) is 2.71. The number of guanidine groups is 1. The number of rotatable bonds is 0. The lowest BCUT2D eigenvalue weighted by molar-refractivity contribution is 0.503. The molecule has 3 nitrogen and oxygen atoms in total. The summed E-state index contributed by atoms with van der Waals surface area (Å²) >= 11 is 0. The molecule has 0 spiro atoms. The Morgan fingerprint density at radius 2 is 1.78 bits per heavy atom. The maximum Gasteiger partial charge on any atom is 0.188 e. The normalized spacial score (nSPS) is 10.7. The number of hydrogen-bond donors (Lipinski definition) is 3. The summed E-state index contributed by atoms with van der Waals surface area (Å²) in [6.07, 6.45) is 0. The van der Waals surface area contributed by atoms with Crippen LogP contribution in [-0.2, 0) is 0 Å². The van der Waals surface area contributed by atoms with Gasteiger partial charge < -0.3 is 10.6 Å². The summed E-state index contributed by atoms with van der Waals surface area (Å²) in [6.45, 7) is 6.04. The molecule has 0 fully saturated rings. The Hall–Kier alpha value is -0.730. The van der Waals surface area contributed by atoms with Crippen molar-refractivity contribution in [3.8, 4) is 0 Å². The van der Waals surface area contributed by atoms with E-state index in [9.17, 15) is 0 Å². The van der Waals surface area contributed by atoms with E-state index in [1.807, 2.05) is 20.8 Å². The van der Waals surface area contributed by atoms with Gasteiger partial charge in [-0.25, -0.2) is 0 Å². The van der Waals surface area contributed by atoms with Gasteiger partial charge in [0.2, 0.25) is 0 Å². The molecular weight excluding hydrogens is 114 g/mol. The molecule has 0 aromatic rings. The number of nitrogens with one attached hydrogen (secondary N) is 3. The molecule has 0 aromatic heterocycles. The van der Waals surface area contributed by atoms with Crippen LogP contribution in [0.4, 0.5) is 0 Å². The Kier molecular flexibility index (Phi) is 2.49. The molecule has 0 aliphatic rings. The van der Waals surface area contributed by atoms with E-state index in [0.29, 0.717) is 5.96 Å². The summed E-state index contributed by atoms with van der Waals surface area (Å²) in [7, 11) is 1.72. The summed E-state index contributed by atoms with van der Waals surface area (Å²) in [6, 6.07) is 0. The first-order valence-corrected chi connectivity index (χ1v) is 3.00. The standard InChI is InChI=1S/C6H15N3/c1-6(2,3)9-5(7)8-4/h1-4H3,(H3,7,8,9). The zero-order valence-corrected chi connectivity index (χ0v) is 6.50. The molecule has 0 saturated carbocycles. The van der Waals surface area contributed by atoms with Crippen molar-refractivity contribution in [3.05, 3.63) is 0 Å². The third kappa shape index (κ3) is 5.14. The second-order valence-electron chi connectivity index (χ2n) is 3.00. The van der Waals surface area contributed by atoms with Crippen LogP contribution >= 0.6 is 0 Å². The predicted octanol–water partition coefficient (Wildman–Crippen LogP) is 0.529. The zero-order chi connectivity index (χ0) is 7.49. The Morgan fingerprint density at radius 3 is 1.89 bits per heavy atom. The predicted molar refractivity (Wildman–Crippen MR) is 39.7 cm³/mol. The molecule has 0 unspecified atom stereocenters. The third-order valence-corrected chi connectivity index (χ3v) is 0.750. The van der Waals surface area contributed by atoms with E-state index in [-0.39, 0.29) is 5.54 Å². The van der Waals surface area contributed by atoms with Crippen molar-refractivity contribution >= 4 is 5.96 Å². The molecule has 0 aliphatic heterocycles. The quantitative estimate of drug-likeness (QED) is 0.330. The van der Waals surface area contributed by atoms with Crippen molar-refractivity contribution in [1.29, 1.82) is 5.41 Å². The monoisotopic (exact) mass is 129 g/mol. The van der Waals surface area contributed by atoms with Crippen molar-refractivity contribution in [2.75, 3.05) is 7.05 Å². The van der Waals surface area contributed by atoms with Crippen LogP contribution in [0.1, 0.15) is 20.8 Å². The molecular formula is C6H15N3. The molecule has 9 heavy (non-hydrogen) atoms. The van der Waals surface area contributed by atoms with Crippen LogP contribution < -0.4 is 10.6 Å². The maximum absolute atomic E-state index is 7.17.